The smallest absolute Gasteiger partial charge is 0.324 e. The summed E-state index contributed by atoms with van der Waals surface area (Å²) in [7, 11) is 0. The highest BCUT2D eigenvalue weighted by atomic mass is 35.5. The maximum absolute atomic E-state index is 11.6. The molecule has 100 valence electrons. The van der Waals surface area contributed by atoms with Gasteiger partial charge in [-0.1, -0.05) is 0 Å². The summed E-state index contributed by atoms with van der Waals surface area (Å²) in [6, 6.07) is -0.286. The predicted molar refractivity (Wildman–Crippen MR) is 69.9 cm³/mol. The van der Waals surface area contributed by atoms with Gasteiger partial charge in [-0.25, -0.2) is 4.98 Å². The molecule has 1 aliphatic heterocycles. The van der Waals surface area contributed by atoms with E-state index in [0.717, 1.165) is 18.9 Å². The highest BCUT2D eigenvalue weighted by Gasteiger charge is 2.26. The normalized spacial score (nSPS) is 18.9. The van der Waals surface area contributed by atoms with Gasteiger partial charge in [0, 0.05) is 32.0 Å². The fourth-order valence-electron chi connectivity index (χ4n) is 1.81. The zero-order valence-corrected chi connectivity index (χ0v) is 11.0. The summed E-state index contributed by atoms with van der Waals surface area (Å²) in [5.41, 5.74) is 0. The van der Waals surface area contributed by atoms with E-state index in [1.54, 1.807) is 25.5 Å². The highest BCUT2D eigenvalue weighted by Crippen LogP contribution is 2.11. The highest BCUT2D eigenvalue weighted by molar-refractivity contribution is 5.85. The van der Waals surface area contributed by atoms with Crippen molar-refractivity contribution >= 4 is 24.2 Å². The molecule has 0 amide bonds. The fourth-order valence-corrected chi connectivity index (χ4v) is 1.81. The van der Waals surface area contributed by atoms with Gasteiger partial charge in [-0.3, -0.25) is 9.78 Å². The van der Waals surface area contributed by atoms with E-state index in [2.05, 4.69) is 15.3 Å². The first kappa shape index (κ1) is 14.7. The van der Waals surface area contributed by atoms with Crippen LogP contribution >= 0.6 is 12.4 Å². The Morgan fingerprint density at radius 2 is 2.44 bits per heavy atom. The van der Waals surface area contributed by atoms with Crippen LogP contribution in [0.3, 0.4) is 0 Å². The number of rotatable bonds is 3. The average Bonchev–Trinajstić information content (AvgIpc) is 2.40. The van der Waals surface area contributed by atoms with Crippen molar-refractivity contribution in [1.29, 1.82) is 0 Å². The predicted octanol–water partition coefficient (Wildman–Crippen LogP) is 0.240. The van der Waals surface area contributed by atoms with Gasteiger partial charge in [-0.05, 0) is 6.92 Å². The molecule has 1 aromatic heterocycles. The van der Waals surface area contributed by atoms with Crippen molar-refractivity contribution in [2.75, 3.05) is 31.1 Å². The maximum Gasteiger partial charge on any atom is 0.324 e. The molecule has 1 saturated heterocycles. The first-order valence-corrected chi connectivity index (χ1v) is 5.72. The zero-order chi connectivity index (χ0) is 12.1. The quantitative estimate of drug-likeness (QED) is 0.795. The van der Waals surface area contributed by atoms with E-state index in [1.165, 1.54) is 0 Å². The number of aromatic nitrogens is 2. The van der Waals surface area contributed by atoms with Crippen LogP contribution in [0.25, 0.3) is 0 Å². The van der Waals surface area contributed by atoms with Gasteiger partial charge in [0.15, 0.2) is 0 Å². The van der Waals surface area contributed by atoms with E-state index in [0.29, 0.717) is 13.2 Å². The summed E-state index contributed by atoms with van der Waals surface area (Å²) in [5, 5.41) is 3.14. The van der Waals surface area contributed by atoms with Crippen LogP contribution in [-0.4, -0.2) is 48.2 Å². The van der Waals surface area contributed by atoms with Gasteiger partial charge in [0.25, 0.3) is 0 Å². The lowest BCUT2D eigenvalue weighted by Gasteiger charge is -2.32. The molecular weight excluding hydrogens is 256 g/mol. The molecule has 0 bridgehead atoms. The minimum Gasteiger partial charge on any atom is -0.465 e. The first-order valence-electron chi connectivity index (χ1n) is 5.72. The number of anilines is 1. The van der Waals surface area contributed by atoms with Crippen molar-refractivity contribution in [3.8, 4) is 0 Å². The third kappa shape index (κ3) is 3.54. The number of ether oxygens (including phenoxy) is 1. The first-order chi connectivity index (χ1) is 8.31. The fraction of sp³-hybridized carbons (Fsp3) is 0.545. The SMILES string of the molecule is CCOC(=O)C1CN(c2cnccn2)CCN1.Cl. The summed E-state index contributed by atoms with van der Waals surface area (Å²) < 4.78 is 5.00. The lowest BCUT2D eigenvalue weighted by molar-refractivity contribution is -0.145. The van der Waals surface area contributed by atoms with E-state index in [4.69, 9.17) is 4.74 Å². The third-order valence-corrected chi connectivity index (χ3v) is 2.62. The zero-order valence-electron chi connectivity index (χ0n) is 10.2. The number of esters is 1. The van der Waals surface area contributed by atoms with Gasteiger partial charge in [-0.2, -0.15) is 0 Å². The van der Waals surface area contributed by atoms with E-state index >= 15 is 0 Å². The number of nitrogens with zero attached hydrogens (tertiary/aromatic N) is 3. The molecule has 1 aromatic rings. The number of hydrogen-bond donors (Lipinski definition) is 1. The van der Waals surface area contributed by atoms with Crippen LogP contribution in [0.1, 0.15) is 6.92 Å². The number of hydrogen-bond acceptors (Lipinski definition) is 6. The second-order valence-electron chi connectivity index (χ2n) is 3.77. The van der Waals surface area contributed by atoms with E-state index in [-0.39, 0.29) is 24.4 Å². The maximum atomic E-state index is 11.6. The molecule has 0 radical (unpaired) electrons. The molecule has 0 aromatic carbocycles. The van der Waals surface area contributed by atoms with E-state index in [1.807, 2.05) is 4.90 Å². The molecule has 7 heteroatoms. The minimum atomic E-state index is -0.286. The lowest BCUT2D eigenvalue weighted by atomic mass is 10.2. The number of carbonyl (C=O) groups is 1. The summed E-state index contributed by atoms with van der Waals surface area (Å²) in [6.45, 7) is 4.33. The Labute approximate surface area is 112 Å². The van der Waals surface area contributed by atoms with Crippen molar-refractivity contribution in [3.63, 3.8) is 0 Å². The molecule has 2 rings (SSSR count). The van der Waals surface area contributed by atoms with Crippen LogP contribution in [0.5, 0.6) is 0 Å². The van der Waals surface area contributed by atoms with Gasteiger partial charge >= 0.3 is 5.97 Å². The van der Waals surface area contributed by atoms with Gasteiger partial charge in [0.05, 0.1) is 12.8 Å². The van der Waals surface area contributed by atoms with Crippen molar-refractivity contribution in [2.45, 2.75) is 13.0 Å². The Hall–Kier alpha value is -1.40. The molecule has 1 fully saturated rings. The Morgan fingerprint density at radius 3 is 3.11 bits per heavy atom. The number of carbonyl (C=O) groups excluding carboxylic acids is 1. The summed E-state index contributed by atoms with van der Waals surface area (Å²) in [4.78, 5) is 21.9. The Balaban J connectivity index is 0.00000162. The molecule has 1 unspecified atom stereocenters. The molecule has 0 spiro atoms. The van der Waals surface area contributed by atoms with Gasteiger partial charge in [-0.15, -0.1) is 12.4 Å². The van der Waals surface area contributed by atoms with Crippen molar-refractivity contribution in [1.82, 2.24) is 15.3 Å². The van der Waals surface area contributed by atoms with Crippen molar-refractivity contribution in [3.05, 3.63) is 18.6 Å². The molecule has 0 aliphatic carbocycles. The Morgan fingerprint density at radius 1 is 1.61 bits per heavy atom. The summed E-state index contributed by atoms with van der Waals surface area (Å²) >= 11 is 0. The number of halogens is 1. The van der Waals surface area contributed by atoms with Gasteiger partial charge in [0.2, 0.25) is 0 Å². The van der Waals surface area contributed by atoms with Crippen LogP contribution < -0.4 is 10.2 Å². The lowest BCUT2D eigenvalue weighted by Crippen LogP contribution is -2.55. The minimum absolute atomic E-state index is 0. The van der Waals surface area contributed by atoms with Crippen LogP contribution in [-0.2, 0) is 9.53 Å². The monoisotopic (exact) mass is 272 g/mol. The molecule has 2 heterocycles. The molecule has 0 saturated carbocycles. The molecule has 6 nitrogen and oxygen atoms in total. The van der Waals surface area contributed by atoms with Crippen molar-refractivity contribution < 1.29 is 9.53 Å². The van der Waals surface area contributed by atoms with Gasteiger partial charge < -0.3 is 15.0 Å². The molecule has 1 N–H and O–H groups in total. The Kier molecular flexibility index (Phi) is 5.80. The summed E-state index contributed by atoms with van der Waals surface area (Å²) in [5.74, 6) is 0.587. The molecule has 1 atom stereocenters. The van der Waals surface area contributed by atoms with Crippen molar-refractivity contribution in [2.24, 2.45) is 0 Å². The standard InChI is InChI=1S/C11H16N4O2.ClH/c1-2-17-11(16)9-8-15(6-5-13-9)10-7-12-3-4-14-10;/h3-4,7,9,13H,2,5-6,8H2,1H3;1H. The van der Waals surface area contributed by atoms with Crippen LogP contribution in [0, 0.1) is 0 Å². The molecule has 18 heavy (non-hydrogen) atoms. The third-order valence-electron chi connectivity index (χ3n) is 2.62. The Bertz CT molecular complexity index is 377. The average molecular weight is 273 g/mol. The number of piperazine rings is 1. The van der Waals surface area contributed by atoms with Crippen LogP contribution in [0.4, 0.5) is 5.82 Å². The van der Waals surface area contributed by atoms with Crippen LogP contribution in [0.15, 0.2) is 18.6 Å². The van der Waals surface area contributed by atoms with Gasteiger partial charge in [0.1, 0.15) is 11.9 Å². The topological polar surface area (TPSA) is 67.3 Å². The molecule has 1 aliphatic rings. The molecular formula is C11H17ClN4O2. The van der Waals surface area contributed by atoms with E-state index < -0.39 is 0 Å². The number of nitrogens with one attached hydrogen (secondary N) is 1. The summed E-state index contributed by atoms with van der Waals surface area (Å²) in [6.07, 6.45) is 4.98. The van der Waals surface area contributed by atoms with Crippen LogP contribution in [0.2, 0.25) is 0 Å². The van der Waals surface area contributed by atoms with E-state index in [9.17, 15) is 4.79 Å². The largest absolute Gasteiger partial charge is 0.465 e. The second-order valence-corrected chi connectivity index (χ2v) is 3.77. The second kappa shape index (κ2) is 7.13.